The van der Waals surface area contributed by atoms with Gasteiger partial charge in [0.05, 0.1) is 19.8 Å². The van der Waals surface area contributed by atoms with Gasteiger partial charge in [-0.1, -0.05) is 12.2 Å². The first-order chi connectivity index (χ1) is 7.75. The van der Waals surface area contributed by atoms with Crippen LogP contribution in [0.1, 0.15) is 12.7 Å². The summed E-state index contributed by atoms with van der Waals surface area (Å²) in [5.74, 6) is 1.12. The Hall–Kier alpha value is -1.13. The summed E-state index contributed by atoms with van der Waals surface area (Å²) in [4.78, 5) is 6.78. The number of morpholine rings is 1. The number of hydrogen-bond donors (Lipinski definition) is 0. The second-order valence-electron chi connectivity index (χ2n) is 4.32. The van der Waals surface area contributed by atoms with Gasteiger partial charge in [-0.25, -0.2) is 4.98 Å². The first-order valence-electron chi connectivity index (χ1n) is 5.70. The zero-order valence-corrected chi connectivity index (χ0v) is 9.85. The lowest BCUT2D eigenvalue weighted by molar-refractivity contribution is 0.0326. The standard InChI is InChI=1S/C12H19N3O/c1-11(2)9-15-4-3-13-12(15)10-14-5-7-16-8-6-14/h3-4H,1,5-10H2,2H3. The fourth-order valence-corrected chi connectivity index (χ4v) is 1.89. The lowest BCUT2D eigenvalue weighted by Crippen LogP contribution is -2.36. The number of ether oxygens (including phenoxy) is 1. The number of aromatic nitrogens is 2. The number of hydrogen-bond acceptors (Lipinski definition) is 3. The molecule has 1 aromatic rings. The van der Waals surface area contributed by atoms with Crippen LogP contribution in [0.4, 0.5) is 0 Å². The Kier molecular flexibility index (Phi) is 3.74. The van der Waals surface area contributed by atoms with Crippen molar-refractivity contribution in [2.75, 3.05) is 26.3 Å². The number of rotatable bonds is 4. The molecule has 2 rings (SSSR count). The smallest absolute Gasteiger partial charge is 0.123 e. The molecule has 4 heteroatoms. The normalized spacial score (nSPS) is 17.6. The van der Waals surface area contributed by atoms with Gasteiger partial charge in [0.15, 0.2) is 0 Å². The van der Waals surface area contributed by atoms with E-state index in [2.05, 4.69) is 21.0 Å². The van der Waals surface area contributed by atoms with Crippen LogP contribution in [0, 0.1) is 0 Å². The fourth-order valence-electron chi connectivity index (χ4n) is 1.89. The van der Waals surface area contributed by atoms with E-state index in [4.69, 9.17) is 4.74 Å². The Balaban J connectivity index is 1.97. The van der Waals surface area contributed by atoms with Crippen molar-refractivity contribution in [2.45, 2.75) is 20.0 Å². The van der Waals surface area contributed by atoms with Crippen LogP contribution in [-0.2, 0) is 17.8 Å². The molecule has 0 saturated carbocycles. The van der Waals surface area contributed by atoms with Crippen LogP contribution >= 0.6 is 0 Å². The van der Waals surface area contributed by atoms with Crippen LogP contribution in [0.2, 0.25) is 0 Å². The van der Waals surface area contributed by atoms with Gasteiger partial charge < -0.3 is 9.30 Å². The number of imidazole rings is 1. The maximum absolute atomic E-state index is 5.33. The Bertz CT molecular complexity index is 353. The van der Waals surface area contributed by atoms with Crippen LogP contribution in [0.5, 0.6) is 0 Å². The third kappa shape index (κ3) is 2.93. The van der Waals surface area contributed by atoms with E-state index in [1.54, 1.807) is 0 Å². The van der Waals surface area contributed by atoms with Crippen molar-refractivity contribution in [2.24, 2.45) is 0 Å². The lowest BCUT2D eigenvalue weighted by atomic mass is 10.3. The zero-order valence-electron chi connectivity index (χ0n) is 9.85. The van der Waals surface area contributed by atoms with Crippen molar-refractivity contribution in [3.63, 3.8) is 0 Å². The third-order valence-electron chi connectivity index (χ3n) is 2.71. The van der Waals surface area contributed by atoms with Gasteiger partial charge in [-0.05, 0) is 6.92 Å². The SMILES string of the molecule is C=C(C)Cn1ccnc1CN1CCOCC1. The molecule has 1 saturated heterocycles. The molecular weight excluding hydrogens is 202 g/mol. The van der Waals surface area contributed by atoms with Gasteiger partial charge in [0.2, 0.25) is 0 Å². The predicted octanol–water partition coefficient (Wildman–Crippen LogP) is 1.29. The van der Waals surface area contributed by atoms with E-state index < -0.39 is 0 Å². The molecule has 0 aliphatic carbocycles. The first-order valence-corrected chi connectivity index (χ1v) is 5.70. The molecule has 0 bridgehead atoms. The van der Waals surface area contributed by atoms with E-state index in [-0.39, 0.29) is 0 Å². The highest BCUT2D eigenvalue weighted by Gasteiger charge is 2.13. The minimum atomic E-state index is 0.835. The molecule has 1 aliphatic rings. The molecule has 88 valence electrons. The molecule has 1 fully saturated rings. The molecule has 16 heavy (non-hydrogen) atoms. The van der Waals surface area contributed by atoms with Crippen molar-refractivity contribution < 1.29 is 4.74 Å². The highest BCUT2D eigenvalue weighted by atomic mass is 16.5. The van der Waals surface area contributed by atoms with Gasteiger partial charge in [0, 0.05) is 32.0 Å². The van der Waals surface area contributed by atoms with Crippen molar-refractivity contribution in [3.8, 4) is 0 Å². The summed E-state index contributed by atoms with van der Waals surface area (Å²) in [5, 5.41) is 0. The second-order valence-corrected chi connectivity index (χ2v) is 4.32. The molecule has 0 spiro atoms. The lowest BCUT2D eigenvalue weighted by Gasteiger charge is -2.26. The fraction of sp³-hybridized carbons (Fsp3) is 0.583. The van der Waals surface area contributed by atoms with Crippen molar-refractivity contribution >= 4 is 0 Å². The molecule has 1 aromatic heterocycles. The van der Waals surface area contributed by atoms with Gasteiger partial charge in [-0.3, -0.25) is 4.90 Å². The molecule has 4 nitrogen and oxygen atoms in total. The quantitative estimate of drug-likeness (QED) is 0.718. The van der Waals surface area contributed by atoms with Gasteiger partial charge in [0.25, 0.3) is 0 Å². The monoisotopic (exact) mass is 221 g/mol. The minimum absolute atomic E-state index is 0.835. The Morgan fingerprint density at radius 2 is 2.25 bits per heavy atom. The Morgan fingerprint density at radius 3 is 2.94 bits per heavy atom. The van der Waals surface area contributed by atoms with E-state index >= 15 is 0 Å². The largest absolute Gasteiger partial charge is 0.379 e. The molecule has 0 atom stereocenters. The first kappa shape index (κ1) is 11.4. The van der Waals surface area contributed by atoms with E-state index in [0.29, 0.717) is 0 Å². The highest BCUT2D eigenvalue weighted by molar-refractivity contribution is 4.98. The third-order valence-corrected chi connectivity index (χ3v) is 2.71. The van der Waals surface area contributed by atoms with Crippen molar-refractivity contribution in [3.05, 3.63) is 30.4 Å². The van der Waals surface area contributed by atoms with Crippen LogP contribution in [0.3, 0.4) is 0 Å². The summed E-state index contributed by atoms with van der Waals surface area (Å²) < 4.78 is 7.50. The molecule has 0 unspecified atom stereocenters. The molecule has 0 aromatic carbocycles. The summed E-state index contributed by atoms with van der Waals surface area (Å²) in [6.07, 6.45) is 3.88. The average molecular weight is 221 g/mol. The predicted molar refractivity (Wildman–Crippen MR) is 63.1 cm³/mol. The Morgan fingerprint density at radius 1 is 1.50 bits per heavy atom. The average Bonchev–Trinajstić information content (AvgIpc) is 2.66. The van der Waals surface area contributed by atoms with Gasteiger partial charge >= 0.3 is 0 Å². The van der Waals surface area contributed by atoms with E-state index in [0.717, 1.165) is 50.8 Å². The van der Waals surface area contributed by atoms with Crippen LogP contribution in [-0.4, -0.2) is 40.8 Å². The summed E-state index contributed by atoms with van der Waals surface area (Å²) in [6.45, 7) is 11.4. The number of allylic oxidation sites excluding steroid dienone is 1. The van der Waals surface area contributed by atoms with Gasteiger partial charge in [-0.2, -0.15) is 0 Å². The minimum Gasteiger partial charge on any atom is -0.379 e. The molecule has 0 N–H and O–H groups in total. The Labute approximate surface area is 96.5 Å². The summed E-state index contributed by atoms with van der Waals surface area (Å²) in [5.41, 5.74) is 1.15. The molecular formula is C12H19N3O. The van der Waals surface area contributed by atoms with E-state index in [1.807, 2.05) is 19.3 Å². The van der Waals surface area contributed by atoms with Gasteiger partial charge in [-0.15, -0.1) is 0 Å². The topological polar surface area (TPSA) is 30.3 Å². The van der Waals surface area contributed by atoms with Gasteiger partial charge in [0.1, 0.15) is 5.82 Å². The zero-order chi connectivity index (χ0) is 11.4. The molecule has 0 radical (unpaired) electrons. The summed E-state index contributed by atoms with van der Waals surface area (Å²) in [7, 11) is 0. The maximum Gasteiger partial charge on any atom is 0.123 e. The van der Waals surface area contributed by atoms with E-state index in [1.165, 1.54) is 0 Å². The number of nitrogens with zero attached hydrogens (tertiary/aromatic N) is 3. The second kappa shape index (κ2) is 5.27. The van der Waals surface area contributed by atoms with Crippen molar-refractivity contribution in [1.82, 2.24) is 14.5 Å². The van der Waals surface area contributed by atoms with E-state index in [9.17, 15) is 0 Å². The maximum atomic E-state index is 5.33. The van der Waals surface area contributed by atoms with Crippen LogP contribution in [0.25, 0.3) is 0 Å². The molecule has 0 amide bonds. The summed E-state index contributed by atoms with van der Waals surface area (Å²) >= 11 is 0. The highest BCUT2D eigenvalue weighted by Crippen LogP contribution is 2.07. The van der Waals surface area contributed by atoms with Crippen LogP contribution in [0.15, 0.2) is 24.5 Å². The van der Waals surface area contributed by atoms with Crippen molar-refractivity contribution in [1.29, 1.82) is 0 Å². The van der Waals surface area contributed by atoms with Crippen LogP contribution < -0.4 is 0 Å². The summed E-state index contributed by atoms with van der Waals surface area (Å²) in [6, 6.07) is 0. The molecule has 2 heterocycles. The molecule has 1 aliphatic heterocycles.